The molecular weight excluding hydrogens is 270 g/mol. The summed E-state index contributed by atoms with van der Waals surface area (Å²) in [6.07, 6.45) is 6.24. The number of hydrogen-bond donors (Lipinski definition) is 2. The standard InChI is InChI=1S/C14H21N5S/c1-2-7-19-14(16-9-17-19)13(18-15)11-4-3-5-12-10(11)6-8-20-12/h6,8-9,11,13,18H,2-5,7,15H2,1H3. The SMILES string of the molecule is CCCn1ncnc1C(NN)C1CCCc2sccc21. The van der Waals surface area contributed by atoms with Crippen LogP contribution in [0.3, 0.4) is 0 Å². The predicted octanol–water partition coefficient (Wildman–Crippen LogP) is 2.37. The number of thiophene rings is 1. The van der Waals surface area contributed by atoms with Gasteiger partial charge in [0.25, 0.3) is 0 Å². The minimum absolute atomic E-state index is 0.0395. The fraction of sp³-hybridized carbons (Fsp3) is 0.571. The van der Waals surface area contributed by atoms with Crippen molar-refractivity contribution in [1.82, 2.24) is 20.2 Å². The average molecular weight is 291 g/mol. The Morgan fingerprint density at radius 1 is 1.60 bits per heavy atom. The molecule has 2 atom stereocenters. The normalized spacial score (nSPS) is 19.8. The molecule has 0 spiro atoms. The highest BCUT2D eigenvalue weighted by Gasteiger charge is 2.31. The van der Waals surface area contributed by atoms with Gasteiger partial charge in [-0.25, -0.2) is 15.1 Å². The van der Waals surface area contributed by atoms with Gasteiger partial charge in [-0.15, -0.1) is 11.3 Å². The molecule has 2 heterocycles. The second-order valence-electron chi connectivity index (χ2n) is 5.28. The molecule has 0 saturated heterocycles. The quantitative estimate of drug-likeness (QED) is 0.655. The molecular formula is C14H21N5S. The Bertz CT molecular complexity index is 561. The van der Waals surface area contributed by atoms with E-state index in [0.29, 0.717) is 5.92 Å². The van der Waals surface area contributed by atoms with Crippen molar-refractivity contribution < 1.29 is 0 Å². The molecule has 1 aliphatic rings. The third-order valence-corrected chi connectivity index (χ3v) is 5.04. The Labute approximate surface area is 123 Å². The van der Waals surface area contributed by atoms with Gasteiger partial charge in [-0.05, 0) is 42.7 Å². The topological polar surface area (TPSA) is 68.8 Å². The van der Waals surface area contributed by atoms with Crippen LogP contribution in [0.2, 0.25) is 0 Å². The summed E-state index contributed by atoms with van der Waals surface area (Å²) in [5, 5.41) is 6.51. The first kappa shape index (κ1) is 13.7. The maximum atomic E-state index is 5.86. The summed E-state index contributed by atoms with van der Waals surface area (Å²) in [7, 11) is 0. The Balaban J connectivity index is 1.93. The first-order valence-electron chi connectivity index (χ1n) is 7.25. The van der Waals surface area contributed by atoms with Crippen molar-refractivity contribution in [1.29, 1.82) is 0 Å². The number of fused-ring (bicyclic) bond motifs is 1. The summed E-state index contributed by atoms with van der Waals surface area (Å²) >= 11 is 1.86. The van der Waals surface area contributed by atoms with Crippen LogP contribution in [0.1, 0.15) is 54.4 Å². The molecule has 0 radical (unpaired) electrons. The van der Waals surface area contributed by atoms with Crippen molar-refractivity contribution >= 4 is 11.3 Å². The van der Waals surface area contributed by atoms with E-state index in [0.717, 1.165) is 25.2 Å². The first-order chi connectivity index (χ1) is 9.85. The van der Waals surface area contributed by atoms with Crippen LogP contribution >= 0.6 is 11.3 Å². The molecule has 2 aromatic rings. The lowest BCUT2D eigenvalue weighted by Crippen LogP contribution is -2.35. The molecule has 0 aliphatic heterocycles. The van der Waals surface area contributed by atoms with Gasteiger partial charge in [0, 0.05) is 17.3 Å². The molecule has 6 heteroatoms. The zero-order chi connectivity index (χ0) is 13.9. The molecule has 0 bridgehead atoms. The van der Waals surface area contributed by atoms with Crippen LogP contribution in [0.5, 0.6) is 0 Å². The van der Waals surface area contributed by atoms with Crippen LogP contribution in [-0.2, 0) is 13.0 Å². The van der Waals surface area contributed by atoms with E-state index in [1.807, 2.05) is 16.0 Å². The van der Waals surface area contributed by atoms with Gasteiger partial charge < -0.3 is 0 Å². The Kier molecular flexibility index (Phi) is 4.14. The first-order valence-corrected chi connectivity index (χ1v) is 8.13. The van der Waals surface area contributed by atoms with Gasteiger partial charge in [-0.1, -0.05) is 6.92 Å². The van der Waals surface area contributed by atoms with E-state index in [4.69, 9.17) is 5.84 Å². The minimum Gasteiger partial charge on any atom is -0.271 e. The Morgan fingerprint density at radius 2 is 2.50 bits per heavy atom. The number of hydrogen-bond acceptors (Lipinski definition) is 5. The average Bonchev–Trinajstić information content (AvgIpc) is 3.10. The summed E-state index contributed by atoms with van der Waals surface area (Å²) in [6, 6.07) is 2.28. The van der Waals surface area contributed by atoms with Crippen LogP contribution in [0.4, 0.5) is 0 Å². The maximum absolute atomic E-state index is 5.86. The van der Waals surface area contributed by atoms with Gasteiger partial charge in [0.1, 0.15) is 12.2 Å². The maximum Gasteiger partial charge on any atom is 0.145 e. The molecule has 2 unspecified atom stereocenters. The van der Waals surface area contributed by atoms with Gasteiger partial charge in [-0.2, -0.15) is 5.10 Å². The third-order valence-electron chi connectivity index (χ3n) is 4.04. The summed E-state index contributed by atoms with van der Waals surface area (Å²) in [6.45, 7) is 3.03. The zero-order valence-corrected chi connectivity index (χ0v) is 12.6. The lowest BCUT2D eigenvalue weighted by molar-refractivity contribution is 0.375. The van der Waals surface area contributed by atoms with Gasteiger partial charge >= 0.3 is 0 Å². The van der Waals surface area contributed by atoms with Crippen molar-refractivity contribution in [2.24, 2.45) is 5.84 Å². The molecule has 3 rings (SSSR count). The van der Waals surface area contributed by atoms with Gasteiger partial charge in [0.05, 0.1) is 6.04 Å². The van der Waals surface area contributed by atoms with Crippen molar-refractivity contribution in [3.8, 4) is 0 Å². The molecule has 0 saturated carbocycles. The summed E-state index contributed by atoms with van der Waals surface area (Å²) in [5.41, 5.74) is 4.43. The molecule has 0 fully saturated rings. The molecule has 0 amide bonds. The van der Waals surface area contributed by atoms with Gasteiger partial charge in [0.2, 0.25) is 0 Å². The van der Waals surface area contributed by atoms with Crippen LogP contribution in [-0.4, -0.2) is 14.8 Å². The fourth-order valence-corrected chi connectivity index (χ4v) is 4.13. The molecule has 0 aromatic carbocycles. The summed E-state index contributed by atoms with van der Waals surface area (Å²) < 4.78 is 1.98. The summed E-state index contributed by atoms with van der Waals surface area (Å²) in [5.74, 6) is 7.21. The monoisotopic (exact) mass is 291 g/mol. The molecule has 1 aliphatic carbocycles. The van der Waals surface area contributed by atoms with E-state index in [1.165, 1.54) is 23.3 Å². The Morgan fingerprint density at radius 3 is 3.30 bits per heavy atom. The van der Waals surface area contributed by atoms with E-state index in [2.05, 4.69) is 33.9 Å². The molecule has 5 nitrogen and oxygen atoms in total. The molecule has 3 N–H and O–H groups in total. The molecule has 20 heavy (non-hydrogen) atoms. The lowest BCUT2D eigenvalue weighted by atomic mass is 9.82. The number of nitrogens with two attached hydrogens (primary N) is 1. The number of nitrogens with one attached hydrogen (secondary N) is 1. The van der Waals surface area contributed by atoms with E-state index < -0.39 is 0 Å². The number of nitrogens with zero attached hydrogens (tertiary/aromatic N) is 3. The smallest absolute Gasteiger partial charge is 0.145 e. The second-order valence-corrected chi connectivity index (χ2v) is 6.28. The minimum atomic E-state index is 0.0395. The number of aryl methyl sites for hydroxylation is 2. The van der Waals surface area contributed by atoms with Crippen molar-refractivity contribution in [2.45, 2.75) is 51.1 Å². The van der Waals surface area contributed by atoms with Gasteiger partial charge in [0.15, 0.2) is 0 Å². The van der Waals surface area contributed by atoms with Crippen LogP contribution in [0, 0.1) is 0 Å². The molecule has 2 aromatic heterocycles. The van der Waals surface area contributed by atoms with Crippen LogP contribution < -0.4 is 11.3 Å². The fourth-order valence-electron chi connectivity index (χ4n) is 3.14. The van der Waals surface area contributed by atoms with Crippen molar-refractivity contribution in [3.05, 3.63) is 34.0 Å². The van der Waals surface area contributed by atoms with E-state index in [-0.39, 0.29) is 6.04 Å². The van der Waals surface area contributed by atoms with Crippen molar-refractivity contribution in [3.63, 3.8) is 0 Å². The predicted molar refractivity (Wildman–Crippen MR) is 80.4 cm³/mol. The van der Waals surface area contributed by atoms with Crippen LogP contribution in [0.25, 0.3) is 0 Å². The lowest BCUT2D eigenvalue weighted by Gasteiger charge is -2.29. The second kappa shape index (κ2) is 6.03. The zero-order valence-electron chi connectivity index (χ0n) is 11.7. The van der Waals surface area contributed by atoms with Gasteiger partial charge in [-0.3, -0.25) is 5.84 Å². The highest BCUT2D eigenvalue weighted by atomic mass is 32.1. The van der Waals surface area contributed by atoms with E-state index in [9.17, 15) is 0 Å². The van der Waals surface area contributed by atoms with Crippen LogP contribution in [0.15, 0.2) is 17.8 Å². The largest absolute Gasteiger partial charge is 0.271 e. The number of rotatable bonds is 5. The number of hydrazine groups is 1. The van der Waals surface area contributed by atoms with E-state index >= 15 is 0 Å². The van der Waals surface area contributed by atoms with Crippen molar-refractivity contribution in [2.75, 3.05) is 0 Å². The highest BCUT2D eigenvalue weighted by Crippen LogP contribution is 2.41. The third kappa shape index (κ3) is 2.39. The van der Waals surface area contributed by atoms with E-state index in [1.54, 1.807) is 6.33 Å². The number of aromatic nitrogens is 3. The summed E-state index contributed by atoms with van der Waals surface area (Å²) in [4.78, 5) is 5.95. The Hall–Kier alpha value is -1.24. The molecule has 108 valence electrons. The highest BCUT2D eigenvalue weighted by molar-refractivity contribution is 7.10.